The van der Waals surface area contributed by atoms with Crippen LogP contribution in [0.15, 0.2) is 53.1 Å². The number of rotatable bonds is 9. The first-order valence-corrected chi connectivity index (χ1v) is 10.1. The zero-order valence-electron chi connectivity index (χ0n) is 18.6. The van der Waals surface area contributed by atoms with E-state index < -0.39 is 0 Å². The Labute approximate surface area is 182 Å². The molecule has 0 aliphatic carbocycles. The molecular formula is C24H29N3O4. The lowest BCUT2D eigenvalue weighted by Gasteiger charge is -2.26. The van der Waals surface area contributed by atoms with E-state index in [-0.39, 0.29) is 11.9 Å². The first-order valence-electron chi connectivity index (χ1n) is 10.1. The van der Waals surface area contributed by atoms with Crippen LogP contribution in [0, 0.1) is 13.8 Å². The van der Waals surface area contributed by atoms with Crippen LogP contribution in [0.1, 0.15) is 39.0 Å². The molecule has 0 spiro atoms. The van der Waals surface area contributed by atoms with E-state index in [1.54, 1.807) is 31.4 Å². The number of aromatic nitrogens is 1. The van der Waals surface area contributed by atoms with Crippen molar-refractivity contribution >= 4 is 5.91 Å². The van der Waals surface area contributed by atoms with Crippen LogP contribution in [-0.4, -0.2) is 43.7 Å². The van der Waals surface area contributed by atoms with Crippen LogP contribution in [0.4, 0.5) is 0 Å². The van der Waals surface area contributed by atoms with E-state index in [1.165, 1.54) is 0 Å². The summed E-state index contributed by atoms with van der Waals surface area (Å²) in [6, 6.07) is 14.9. The van der Waals surface area contributed by atoms with Crippen LogP contribution in [0.5, 0.6) is 11.5 Å². The minimum atomic E-state index is -0.140. The van der Waals surface area contributed by atoms with Gasteiger partial charge in [-0.25, -0.2) is 0 Å². The van der Waals surface area contributed by atoms with Gasteiger partial charge in [-0.2, -0.15) is 0 Å². The fourth-order valence-electron chi connectivity index (χ4n) is 3.37. The van der Waals surface area contributed by atoms with Crippen molar-refractivity contribution < 1.29 is 18.8 Å². The fraction of sp³-hybridized carbons (Fsp3) is 0.333. The van der Waals surface area contributed by atoms with Crippen molar-refractivity contribution in [3.05, 3.63) is 76.7 Å². The van der Waals surface area contributed by atoms with Crippen LogP contribution in [-0.2, 0) is 6.61 Å². The summed E-state index contributed by atoms with van der Waals surface area (Å²) in [5, 5.41) is 6.95. The van der Waals surface area contributed by atoms with E-state index in [1.807, 2.05) is 52.2 Å². The third-order valence-corrected chi connectivity index (χ3v) is 5.26. The Morgan fingerprint density at radius 1 is 1.13 bits per heavy atom. The summed E-state index contributed by atoms with van der Waals surface area (Å²) in [4.78, 5) is 14.7. The van der Waals surface area contributed by atoms with Gasteiger partial charge in [0.05, 0.1) is 24.4 Å². The van der Waals surface area contributed by atoms with Crippen molar-refractivity contribution in [1.82, 2.24) is 15.4 Å². The van der Waals surface area contributed by atoms with E-state index in [2.05, 4.69) is 15.4 Å². The minimum Gasteiger partial charge on any atom is -0.496 e. The maximum Gasteiger partial charge on any atom is 0.251 e. The Kier molecular flexibility index (Phi) is 7.31. The van der Waals surface area contributed by atoms with Gasteiger partial charge in [0.2, 0.25) is 0 Å². The molecule has 0 bridgehead atoms. The predicted molar refractivity (Wildman–Crippen MR) is 119 cm³/mol. The SMILES string of the molecule is COc1ccccc1C(CNC(=O)c1ccc(OCc2c(C)noc2C)cc1)N(C)C. The second-order valence-corrected chi connectivity index (χ2v) is 7.55. The van der Waals surface area contributed by atoms with Crippen molar-refractivity contribution in [2.45, 2.75) is 26.5 Å². The lowest BCUT2D eigenvalue weighted by Crippen LogP contribution is -2.34. The molecule has 7 heteroatoms. The highest BCUT2D eigenvalue weighted by molar-refractivity contribution is 5.94. The number of carbonyl (C=O) groups is 1. The van der Waals surface area contributed by atoms with Crippen molar-refractivity contribution in [3.8, 4) is 11.5 Å². The maximum atomic E-state index is 12.7. The second kappa shape index (κ2) is 10.1. The largest absolute Gasteiger partial charge is 0.496 e. The zero-order chi connectivity index (χ0) is 22.4. The fourth-order valence-corrected chi connectivity index (χ4v) is 3.37. The Bertz CT molecular complexity index is 992. The molecular weight excluding hydrogens is 394 g/mol. The van der Waals surface area contributed by atoms with Crippen LogP contribution in [0.3, 0.4) is 0 Å². The predicted octanol–water partition coefficient (Wildman–Crippen LogP) is 3.91. The van der Waals surface area contributed by atoms with Gasteiger partial charge in [0.25, 0.3) is 5.91 Å². The summed E-state index contributed by atoms with van der Waals surface area (Å²) in [5.41, 5.74) is 3.35. The molecule has 3 aromatic rings. The molecule has 0 saturated carbocycles. The molecule has 0 fully saturated rings. The van der Waals surface area contributed by atoms with Gasteiger partial charge < -0.3 is 24.2 Å². The highest BCUT2D eigenvalue weighted by Gasteiger charge is 2.19. The molecule has 7 nitrogen and oxygen atoms in total. The number of methoxy groups -OCH3 is 1. The number of ether oxygens (including phenoxy) is 2. The van der Waals surface area contributed by atoms with Crippen LogP contribution in [0.2, 0.25) is 0 Å². The third-order valence-electron chi connectivity index (χ3n) is 5.26. The molecule has 0 radical (unpaired) electrons. The standard InChI is InChI=1S/C24H29N3O4/c1-16-21(17(2)31-26-16)15-30-19-12-10-18(11-13-19)24(28)25-14-22(27(3)4)20-8-6-7-9-23(20)29-5/h6-13,22H,14-15H2,1-5H3,(H,25,28). The van der Waals surface area contributed by atoms with Gasteiger partial charge in [0.15, 0.2) is 0 Å². The average molecular weight is 424 g/mol. The Morgan fingerprint density at radius 2 is 1.84 bits per heavy atom. The van der Waals surface area contributed by atoms with Gasteiger partial charge in [-0.3, -0.25) is 4.79 Å². The monoisotopic (exact) mass is 423 g/mol. The molecule has 1 aromatic heterocycles. The van der Waals surface area contributed by atoms with E-state index in [0.29, 0.717) is 24.5 Å². The number of benzene rings is 2. The quantitative estimate of drug-likeness (QED) is 0.562. The van der Waals surface area contributed by atoms with Gasteiger partial charge in [-0.15, -0.1) is 0 Å². The summed E-state index contributed by atoms with van der Waals surface area (Å²) in [6.45, 7) is 4.57. The summed E-state index contributed by atoms with van der Waals surface area (Å²) in [5.74, 6) is 2.09. The van der Waals surface area contributed by atoms with Crippen molar-refractivity contribution in [2.75, 3.05) is 27.7 Å². The Morgan fingerprint density at radius 3 is 2.45 bits per heavy atom. The highest BCUT2D eigenvalue weighted by Crippen LogP contribution is 2.27. The molecule has 1 unspecified atom stereocenters. The third kappa shape index (κ3) is 5.44. The van der Waals surface area contributed by atoms with Gasteiger partial charge in [0.1, 0.15) is 23.9 Å². The van der Waals surface area contributed by atoms with Crippen LogP contribution in [0.25, 0.3) is 0 Å². The summed E-state index contributed by atoms with van der Waals surface area (Å²) in [6.07, 6.45) is 0. The van der Waals surface area contributed by atoms with Crippen molar-refractivity contribution in [1.29, 1.82) is 0 Å². The molecule has 0 saturated heterocycles. The molecule has 0 aliphatic heterocycles. The molecule has 2 aromatic carbocycles. The second-order valence-electron chi connectivity index (χ2n) is 7.55. The number of para-hydroxylation sites is 1. The van der Waals surface area contributed by atoms with E-state index in [4.69, 9.17) is 14.0 Å². The smallest absolute Gasteiger partial charge is 0.251 e. The van der Waals surface area contributed by atoms with Crippen molar-refractivity contribution in [2.24, 2.45) is 0 Å². The Balaban J connectivity index is 1.61. The topological polar surface area (TPSA) is 76.8 Å². The van der Waals surface area contributed by atoms with Crippen molar-refractivity contribution in [3.63, 3.8) is 0 Å². The van der Waals surface area contributed by atoms with Crippen LogP contribution < -0.4 is 14.8 Å². The van der Waals surface area contributed by atoms with E-state index in [9.17, 15) is 4.79 Å². The normalized spacial score (nSPS) is 11.9. The molecule has 31 heavy (non-hydrogen) atoms. The van der Waals surface area contributed by atoms with Gasteiger partial charge in [0, 0.05) is 17.7 Å². The minimum absolute atomic E-state index is 0.0160. The molecule has 164 valence electrons. The zero-order valence-corrected chi connectivity index (χ0v) is 18.6. The molecule has 1 amide bonds. The first kappa shape index (κ1) is 22.4. The van der Waals surface area contributed by atoms with E-state index >= 15 is 0 Å². The molecule has 1 heterocycles. The number of amides is 1. The lowest BCUT2D eigenvalue weighted by atomic mass is 10.0. The van der Waals surface area contributed by atoms with E-state index in [0.717, 1.165) is 28.3 Å². The molecule has 0 aliphatic rings. The van der Waals surface area contributed by atoms with Gasteiger partial charge in [-0.05, 0) is 58.3 Å². The lowest BCUT2D eigenvalue weighted by molar-refractivity contribution is 0.0941. The molecule has 1 N–H and O–H groups in total. The number of nitrogens with zero attached hydrogens (tertiary/aromatic N) is 2. The Hall–Kier alpha value is -3.32. The maximum absolute atomic E-state index is 12.7. The van der Waals surface area contributed by atoms with Gasteiger partial charge >= 0.3 is 0 Å². The number of aryl methyl sites for hydroxylation is 2. The summed E-state index contributed by atoms with van der Waals surface area (Å²) >= 11 is 0. The number of likely N-dealkylation sites (N-methyl/N-ethyl adjacent to an activating group) is 1. The molecule has 3 rings (SSSR count). The number of hydrogen-bond donors (Lipinski definition) is 1. The first-order chi connectivity index (χ1) is 14.9. The average Bonchev–Trinajstić information content (AvgIpc) is 3.10. The van der Waals surface area contributed by atoms with Gasteiger partial charge in [-0.1, -0.05) is 23.4 Å². The number of nitrogens with one attached hydrogen (secondary N) is 1. The summed E-state index contributed by atoms with van der Waals surface area (Å²) < 4.78 is 16.4. The number of hydrogen-bond acceptors (Lipinski definition) is 6. The van der Waals surface area contributed by atoms with Crippen LogP contribution >= 0.6 is 0 Å². The summed E-state index contributed by atoms with van der Waals surface area (Å²) in [7, 11) is 5.61. The highest BCUT2D eigenvalue weighted by atomic mass is 16.5. The number of carbonyl (C=O) groups excluding carboxylic acids is 1. The molecule has 1 atom stereocenters.